The zero-order valence-corrected chi connectivity index (χ0v) is 11.5. The Kier molecular flexibility index (Phi) is 3.72. The van der Waals surface area contributed by atoms with Crippen LogP contribution in [0.15, 0.2) is 48.5 Å². The summed E-state index contributed by atoms with van der Waals surface area (Å²) < 4.78 is 0. The molecule has 0 amide bonds. The van der Waals surface area contributed by atoms with Crippen LogP contribution in [0.2, 0.25) is 0 Å². The Morgan fingerprint density at radius 2 is 1.86 bits per heavy atom. The molecule has 1 heterocycles. The van der Waals surface area contributed by atoms with Gasteiger partial charge >= 0.3 is 5.97 Å². The lowest BCUT2D eigenvalue weighted by Gasteiger charge is -2.09. The molecular weight excluding hydrogens is 262 g/mol. The molecule has 104 valence electrons. The molecule has 2 aromatic carbocycles. The van der Waals surface area contributed by atoms with Crippen molar-refractivity contribution < 1.29 is 9.90 Å². The summed E-state index contributed by atoms with van der Waals surface area (Å²) in [5.41, 5.74) is 3.66. The van der Waals surface area contributed by atoms with Gasteiger partial charge in [0.1, 0.15) is 0 Å². The topological polar surface area (TPSA) is 40.5 Å². The van der Waals surface area contributed by atoms with Crippen LogP contribution in [0.1, 0.15) is 27.0 Å². The molecule has 21 heavy (non-hydrogen) atoms. The monoisotopic (exact) mass is 277 g/mol. The minimum absolute atomic E-state index is 0.353. The van der Waals surface area contributed by atoms with Gasteiger partial charge in [-0.1, -0.05) is 36.1 Å². The van der Waals surface area contributed by atoms with E-state index < -0.39 is 5.97 Å². The smallest absolute Gasteiger partial charge is 0.335 e. The highest BCUT2D eigenvalue weighted by atomic mass is 16.4. The van der Waals surface area contributed by atoms with Gasteiger partial charge in [0.15, 0.2) is 0 Å². The van der Waals surface area contributed by atoms with Gasteiger partial charge in [-0.2, -0.15) is 0 Å². The first kappa shape index (κ1) is 13.4. The Labute approximate surface area is 123 Å². The molecule has 3 heteroatoms. The molecular formula is C18H15NO2. The Hall–Kier alpha value is -2.57. The maximum absolute atomic E-state index is 11.0. The number of nitrogens with zero attached hydrogens (tertiary/aromatic N) is 1. The maximum Gasteiger partial charge on any atom is 0.335 e. The number of carbonyl (C=O) groups is 1. The number of rotatable bonds is 2. The number of carboxylic acid groups (broad SMARTS) is 1. The van der Waals surface area contributed by atoms with Crippen molar-refractivity contribution in [3.63, 3.8) is 0 Å². The third-order valence-electron chi connectivity index (χ3n) is 3.55. The standard InChI is InChI=1S/C18H15NO2/c20-18(21)15-8-9-16-12-19(13-17(16)11-15)10-4-7-14-5-2-1-3-6-14/h1-3,5-6,8-9,11H,10,12-13H2,(H,20,21). The zero-order valence-electron chi connectivity index (χ0n) is 11.5. The molecule has 3 rings (SSSR count). The second kappa shape index (κ2) is 5.82. The fraction of sp³-hybridized carbons (Fsp3) is 0.167. The van der Waals surface area contributed by atoms with Crippen molar-refractivity contribution in [3.05, 3.63) is 70.8 Å². The molecule has 0 aliphatic carbocycles. The molecule has 0 unspecified atom stereocenters. The van der Waals surface area contributed by atoms with Gasteiger partial charge in [-0.15, -0.1) is 0 Å². The maximum atomic E-state index is 11.0. The molecule has 2 aromatic rings. The van der Waals surface area contributed by atoms with Crippen LogP contribution in [0, 0.1) is 11.8 Å². The van der Waals surface area contributed by atoms with Crippen molar-refractivity contribution >= 4 is 5.97 Å². The molecule has 1 aliphatic heterocycles. The van der Waals surface area contributed by atoms with Crippen LogP contribution >= 0.6 is 0 Å². The van der Waals surface area contributed by atoms with E-state index in [1.54, 1.807) is 12.1 Å². The number of benzene rings is 2. The van der Waals surface area contributed by atoms with Crippen molar-refractivity contribution in [2.75, 3.05) is 6.54 Å². The first-order valence-electron chi connectivity index (χ1n) is 6.84. The van der Waals surface area contributed by atoms with E-state index in [1.165, 1.54) is 5.56 Å². The highest BCUT2D eigenvalue weighted by Gasteiger charge is 2.19. The molecule has 1 aliphatic rings. The lowest BCUT2D eigenvalue weighted by Crippen LogP contribution is -2.16. The van der Waals surface area contributed by atoms with Crippen LogP contribution in [0.5, 0.6) is 0 Å². The number of hydrogen-bond donors (Lipinski definition) is 1. The van der Waals surface area contributed by atoms with E-state index in [0.717, 1.165) is 24.2 Å². The van der Waals surface area contributed by atoms with Gasteiger partial charge in [-0.25, -0.2) is 4.79 Å². The van der Waals surface area contributed by atoms with E-state index in [2.05, 4.69) is 16.7 Å². The van der Waals surface area contributed by atoms with Crippen LogP contribution in [0.3, 0.4) is 0 Å². The molecule has 3 nitrogen and oxygen atoms in total. The Bertz CT molecular complexity index is 726. The highest BCUT2D eigenvalue weighted by Crippen LogP contribution is 2.23. The summed E-state index contributed by atoms with van der Waals surface area (Å²) in [6.07, 6.45) is 0. The van der Waals surface area contributed by atoms with E-state index in [-0.39, 0.29) is 0 Å². The molecule has 0 bridgehead atoms. The summed E-state index contributed by atoms with van der Waals surface area (Å²) in [6.45, 7) is 2.28. The molecule has 0 radical (unpaired) electrons. The first-order valence-corrected chi connectivity index (χ1v) is 6.84. The predicted octanol–water partition coefficient (Wildman–Crippen LogP) is 2.75. The van der Waals surface area contributed by atoms with E-state index in [1.807, 2.05) is 36.4 Å². The van der Waals surface area contributed by atoms with E-state index in [4.69, 9.17) is 5.11 Å². The van der Waals surface area contributed by atoms with Gasteiger partial charge in [0.05, 0.1) is 12.1 Å². The van der Waals surface area contributed by atoms with Gasteiger partial charge in [0.25, 0.3) is 0 Å². The molecule has 1 N–H and O–H groups in total. The Morgan fingerprint density at radius 3 is 2.62 bits per heavy atom. The SMILES string of the molecule is O=C(O)c1ccc2c(c1)CN(CC#Cc1ccccc1)C2. The fourth-order valence-corrected chi connectivity index (χ4v) is 2.48. The third-order valence-corrected chi connectivity index (χ3v) is 3.55. The van der Waals surface area contributed by atoms with Crippen LogP contribution in [-0.4, -0.2) is 22.5 Å². The summed E-state index contributed by atoms with van der Waals surface area (Å²) in [5.74, 6) is 5.44. The summed E-state index contributed by atoms with van der Waals surface area (Å²) in [7, 11) is 0. The van der Waals surface area contributed by atoms with Gasteiger partial charge in [-0.05, 0) is 35.4 Å². The minimum atomic E-state index is -0.875. The quantitative estimate of drug-likeness (QED) is 0.858. The highest BCUT2D eigenvalue weighted by molar-refractivity contribution is 5.87. The van der Waals surface area contributed by atoms with Crippen LogP contribution in [0.4, 0.5) is 0 Å². The van der Waals surface area contributed by atoms with Crippen molar-refractivity contribution in [2.24, 2.45) is 0 Å². The molecule has 0 spiro atoms. The number of carboxylic acids is 1. The van der Waals surface area contributed by atoms with Crippen LogP contribution in [0.25, 0.3) is 0 Å². The van der Waals surface area contributed by atoms with Crippen molar-refractivity contribution in [1.29, 1.82) is 0 Å². The largest absolute Gasteiger partial charge is 0.478 e. The lowest BCUT2D eigenvalue weighted by molar-refractivity contribution is 0.0696. The van der Waals surface area contributed by atoms with E-state index in [9.17, 15) is 4.79 Å². The Morgan fingerprint density at radius 1 is 1.10 bits per heavy atom. The summed E-state index contributed by atoms with van der Waals surface area (Å²) in [6, 6.07) is 15.2. The third kappa shape index (κ3) is 3.13. The molecule has 0 atom stereocenters. The second-order valence-corrected chi connectivity index (χ2v) is 5.10. The van der Waals surface area contributed by atoms with Crippen molar-refractivity contribution in [2.45, 2.75) is 13.1 Å². The van der Waals surface area contributed by atoms with Crippen molar-refractivity contribution in [1.82, 2.24) is 4.90 Å². The normalized spacial score (nSPS) is 13.3. The number of fused-ring (bicyclic) bond motifs is 1. The molecule has 0 fully saturated rings. The van der Waals surface area contributed by atoms with Gasteiger partial charge in [0.2, 0.25) is 0 Å². The summed E-state index contributed by atoms with van der Waals surface area (Å²) in [4.78, 5) is 13.2. The summed E-state index contributed by atoms with van der Waals surface area (Å²) in [5, 5.41) is 9.01. The minimum Gasteiger partial charge on any atom is -0.478 e. The fourth-order valence-electron chi connectivity index (χ4n) is 2.48. The molecule has 0 saturated heterocycles. The van der Waals surface area contributed by atoms with Crippen LogP contribution in [-0.2, 0) is 13.1 Å². The number of hydrogen-bond acceptors (Lipinski definition) is 2. The molecule has 0 saturated carbocycles. The van der Waals surface area contributed by atoms with Crippen molar-refractivity contribution in [3.8, 4) is 11.8 Å². The lowest BCUT2D eigenvalue weighted by atomic mass is 10.1. The van der Waals surface area contributed by atoms with E-state index >= 15 is 0 Å². The van der Waals surface area contributed by atoms with Gasteiger partial charge < -0.3 is 5.11 Å². The molecule has 0 aromatic heterocycles. The Balaban J connectivity index is 1.66. The van der Waals surface area contributed by atoms with E-state index in [0.29, 0.717) is 12.1 Å². The first-order chi connectivity index (χ1) is 10.2. The van der Waals surface area contributed by atoms with Gasteiger partial charge in [-0.3, -0.25) is 4.90 Å². The average Bonchev–Trinajstić information content (AvgIpc) is 2.90. The van der Waals surface area contributed by atoms with Gasteiger partial charge in [0, 0.05) is 18.7 Å². The second-order valence-electron chi connectivity index (χ2n) is 5.10. The van der Waals surface area contributed by atoms with Crippen LogP contribution < -0.4 is 0 Å². The predicted molar refractivity (Wildman–Crippen MR) is 80.8 cm³/mol. The number of aromatic carboxylic acids is 1. The summed E-state index contributed by atoms with van der Waals surface area (Å²) >= 11 is 0. The average molecular weight is 277 g/mol. The zero-order chi connectivity index (χ0) is 14.7.